The lowest BCUT2D eigenvalue weighted by atomic mass is 10.1. The average Bonchev–Trinajstić information content (AvgIpc) is 3.12. The van der Waals surface area contributed by atoms with Crippen LogP contribution in [0.4, 0.5) is 5.69 Å². The molecule has 0 radical (unpaired) electrons. The van der Waals surface area contributed by atoms with Crippen LogP contribution in [0.1, 0.15) is 15.9 Å². The molecule has 0 saturated heterocycles. The number of ether oxygens (including phenoxy) is 1. The van der Waals surface area contributed by atoms with Crippen LogP contribution >= 0.6 is 15.9 Å². The second-order valence-electron chi connectivity index (χ2n) is 6.44. The Morgan fingerprint density at radius 1 is 1.11 bits per heavy atom. The fourth-order valence-electron chi connectivity index (χ4n) is 3.17. The van der Waals surface area contributed by atoms with Gasteiger partial charge in [0.2, 0.25) is 0 Å². The number of anilines is 1. The molecule has 0 bridgehead atoms. The van der Waals surface area contributed by atoms with Crippen molar-refractivity contribution >= 4 is 38.6 Å². The lowest BCUT2D eigenvalue weighted by Crippen LogP contribution is -2.13. The van der Waals surface area contributed by atoms with E-state index in [9.17, 15) is 4.79 Å². The SMILES string of the molecule is COc1c(C)cc(Br)cc1C(=O)Nc1ccc(-c2nc3ccccc3[nH]2)cc1. The number of carbonyl (C=O) groups excluding carboxylic acids is 1. The van der Waals surface area contributed by atoms with Gasteiger partial charge in [0.15, 0.2) is 0 Å². The first kappa shape index (κ1) is 18.3. The molecule has 5 nitrogen and oxygen atoms in total. The zero-order valence-electron chi connectivity index (χ0n) is 15.4. The summed E-state index contributed by atoms with van der Waals surface area (Å²) in [7, 11) is 1.56. The maximum absolute atomic E-state index is 12.7. The summed E-state index contributed by atoms with van der Waals surface area (Å²) in [6, 6.07) is 19.1. The number of hydrogen-bond donors (Lipinski definition) is 2. The maximum Gasteiger partial charge on any atom is 0.259 e. The Kier molecular flexibility index (Phi) is 4.88. The standard InChI is InChI=1S/C22H18BrN3O2/c1-13-11-15(23)12-17(20(13)28-2)22(27)24-16-9-7-14(8-10-16)21-25-18-5-3-4-6-19(18)26-21/h3-12H,1-2H3,(H,24,27)(H,25,26). The van der Waals surface area contributed by atoms with Crippen molar-refractivity contribution in [2.24, 2.45) is 0 Å². The van der Waals surface area contributed by atoms with E-state index in [1.807, 2.05) is 61.5 Å². The number of benzene rings is 3. The first-order chi connectivity index (χ1) is 13.5. The molecular weight excluding hydrogens is 418 g/mol. The molecule has 0 aliphatic carbocycles. The molecule has 6 heteroatoms. The summed E-state index contributed by atoms with van der Waals surface area (Å²) >= 11 is 3.43. The highest BCUT2D eigenvalue weighted by molar-refractivity contribution is 9.10. The van der Waals surface area contributed by atoms with Gasteiger partial charge in [0.05, 0.1) is 23.7 Å². The Labute approximate surface area is 170 Å². The smallest absolute Gasteiger partial charge is 0.259 e. The van der Waals surface area contributed by atoms with E-state index in [0.29, 0.717) is 17.0 Å². The van der Waals surface area contributed by atoms with Crippen LogP contribution in [-0.2, 0) is 0 Å². The van der Waals surface area contributed by atoms with Crippen LogP contribution < -0.4 is 10.1 Å². The highest BCUT2D eigenvalue weighted by atomic mass is 79.9. The minimum absolute atomic E-state index is 0.224. The molecule has 1 heterocycles. The van der Waals surface area contributed by atoms with Gasteiger partial charge in [-0.3, -0.25) is 4.79 Å². The van der Waals surface area contributed by atoms with Gasteiger partial charge in [-0.25, -0.2) is 4.98 Å². The first-order valence-corrected chi connectivity index (χ1v) is 9.55. The third kappa shape index (κ3) is 3.51. The van der Waals surface area contributed by atoms with Crippen LogP contribution in [0.25, 0.3) is 22.4 Å². The second-order valence-corrected chi connectivity index (χ2v) is 7.35. The van der Waals surface area contributed by atoms with Gasteiger partial charge in [0, 0.05) is 15.7 Å². The van der Waals surface area contributed by atoms with Gasteiger partial charge in [0.1, 0.15) is 11.6 Å². The van der Waals surface area contributed by atoms with Crippen LogP contribution in [0, 0.1) is 6.92 Å². The normalized spacial score (nSPS) is 10.8. The van der Waals surface area contributed by atoms with Gasteiger partial charge in [-0.1, -0.05) is 28.1 Å². The molecule has 0 spiro atoms. The van der Waals surface area contributed by atoms with Crippen molar-refractivity contribution in [2.45, 2.75) is 6.92 Å². The lowest BCUT2D eigenvalue weighted by molar-refractivity contribution is 0.102. The zero-order chi connectivity index (χ0) is 19.7. The number of fused-ring (bicyclic) bond motifs is 1. The Balaban J connectivity index is 1.57. The van der Waals surface area contributed by atoms with Gasteiger partial charge in [0.25, 0.3) is 5.91 Å². The average molecular weight is 436 g/mol. The third-order valence-electron chi connectivity index (χ3n) is 4.49. The van der Waals surface area contributed by atoms with Crippen molar-refractivity contribution in [3.63, 3.8) is 0 Å². The number of aryl methyl sites for hydroxylation is 1. The van der Waals surface area contributed by atoms with Crippen LogP contribution in [0.2, 0.25) is 0 Å². The molecule has 4 rings (SSSR count). The van der Waals surface area contributed by atoms with E-state index >= 15 is 0 Å². The predicted molar refractivity (Wildman–Crippen MR) is 115 cm³/mol. The molecule has 3 aromatic carbocycles. The molecule has 0 aliphatic heterocycles. The lowest BCUT2D eigenvalue weighted by Gasteiger charge is -2.12. The molecule has 0 unspecified atom stereocenters. The zero-order valence-corrected chi connectivity index (χ0v) is 17.0. The second kappa shape index (κ2) is 7.48. The summed E-state index contributed by atoms with van der Waals surface area (Å²) in [5.41, 5.74) is 4.94. The number of amides is 1. The first-order valence-electron chi connectivity index (χ1n) is 8.76. The summed E-state index contributed by atoms with van der Waals surface area (Å²) in [4.78, 5) is 20.6. The predicted octanol–water partition coefficient (Wildman–Crippen LogP) is 5.56. The molecule has 2 N–H and O–H groups in total. The van der Waals surface area contributed by atoms with Crippen molar-refractivity contribution in [1.82, 2.24) is 9.97 Å². The number of nitrogens with one attached hydrogen (secondary N) is 2. The van der Waals surface area contributed by atoms with Gasteiger partial charge in [-0.2, -0.15) is 0 Å². The van der Waals surface area contributed by atoms with E-state index in [-0.39, 0.29) is 5.91 Å². The van der Waals surface area contributed by atoms with Crippen LogP contribution in [0.5, 0.6) is 5.75 Å². The molecule has 1 amide bonds. The molecule has 140 valence electrons. The number of aromatic nitrogens is 2. The Morgan fingerprint density at radius 2 is 1.86 bits per heavy atom. The summed E-state index contributed by atoms with van der Waals surface area (Å²) in [6.45, 7) is 1.91. The van der Waals surface area contributed by atoms with E-state index in [0.717, 1.165) is 32.5 Å². The van der Waals surface area contributed by atoms with E-state index in [4.69, 9.17) is 4.74 Å². The highest BCUT2D eigenvalue weighted by Gasteiger charge is 2.16. The molecule has 0 fully saturated rings. The van der Waals surface area contributed by atoms with Gasteiger partial charge in [-0.05, 0) is 61.0 Å². The van der Waals surface area contributed by atoms with Gasteiger partial charge >= 0.3 is 0 Å². The van der Waals surface area contributed by atoms with Crippen molar-refractivity contribution in [3.8, 4) is 17.1 Å². The summed E-state index contributed by atoms with van der Waals surface area (Å²) in [5.74, 6) is 1.14. The van der Waals surface area contributed by atoms with Crippen LogP contribution in [-0.4, -0.2) is 23.0 Å². The maximum atomic E-state index is 12.7. The van der Waals surface area contributed by atoms with Gasteiger partial charge < -0.3 is 15.0 Å². The van der Waals surface area contributed by atoms with Crippen molar-refractivity contribution < 1.29 is 9.53 Å². The van der Waals surface area contributed by atoms with Gasteiger partial charge in [-0.15, -0.1) is 0 Å². The number of imidazole rings is 1. The van der Waals surface area contributed by atoms with Crippen LogP contribution in [0.15, 0.2) is 65.1 Å². The molecular formula is C22H18BrN3O2. The number of hydrogen-bond acceptors (Lipinski definition) is 3. The quantitative estimate of drug-likeness (QED) is 0.440. The molecule has 28 heavy (non-hydrogen) atoms. The van der Waals surface area contributed by atoms with E-state index in [1.54, 1.807) is 13.2 Å². The molecule has 0 atom stereocenters. The van der Waals surface area contributed by atoms with Crippen molar-refractivity contribution in [2.75, 3.05) is 12.4 Å². The number of rotatable bonds is 4. The minimum atomic E-state index is -0.224. The van der Waals surface area contributed by atoms with Crippen LogP contribution in [0.3, 0.4) is 0 Å². The Bertz CT molecular complexity index is 1130. The number of para-hydroxylation sites is 2. The minimum Gasteiger partial charge on any atom is -0.496 e. The molecule has 1 aromatic heterocycles. The highest BCUT2D eigenvalue weighted by Crippen LogP contribution is 2.29. The van der Waals surface area contributed by atoms with Crippen molar-refractivity contribution in [3.05, 3.63) is 76.3 Å². The van der Waals surface area contributed by atoms with Crippen molar-refractivity contribution in [1.29, 1.82) is 0 Å². The number of carbonyl (C=O) groups is 1. The van der Waals surface area contributed by atoms with E-state index in [1.165, 1.54) is 0 Å². The fourth-order valence-corrected chi connectivity index (χ4v) is 3.74. The van der Waals surface area contributed by atoms with E-state index < -0.39 is 0 Å². The third-order valence-corrected chi connectivity index (χ3v) is 4.95. The topological polar surface area (TPSA) is 67.0 Å². The summed E-state index contributed by atoms with van der Waals surface area (Å²) < 4.78 is 6.23. The van der Waals surface area contributed by atoms with E-state index in [2.05, 4.69) is 31.2 Å². The monoisotopic (exact) mass is 435 g/mol. The Hall–Kier alpha value is -3.12. The molecule has 4 aromatic rings. The summed E-state index contributed by atoms with van der Waals surface area (Å²) in [6.07, 6.45) is 0. The fraction of sp³-hybridized carbons (Fsp3) is 0.0909. The number of methoxy groups -OCH3 is 1. The number of halogens is 1. The number of H-pyrrole nitrogens is 1. The summed E-state index contributed by atoms with van der Waals surface area (Å²) in [5, 5.41) is 2.92. The number of nitrogens with zero attached hydrogens (tertiary/aromatic N) is 1. The molecule has 0 aliphatic rings. The largest absolute Gasteiger partial charge is 0.496 e. The molecule has 0 saturated carbocycles. The number of aromatic amines is 1. The Morgan fingerprint density at radius 3 is 2.57 bits per heavy atom.